The quantitative estimate of drug-likeness (QED) is 0.172. The summed E-state index contributed by atoms with van der Waals surface area (Å²) in [5, 5.41) is 2.27. The molecule has 3 aromatic heterocycles. The molecule has 0 radical (unpaired) electrons. The maximum Gasteiger partial charge on any atom is 2.00 e. The van der Waals surface area contributed by atoms with Gasteiger partial charge in [-0.1, -0.05) is 38.1 Å². The molecular formula is C34H25N3OU. The van der Waals surface area contributed by atoms with Crippen LogP contribution in [0.2, 0.25) is 0 Å². The van der Waals surface area contributed by atoms with Gasteiger partial charge in [0, 0.05) is 17.3 Å². The van der Waals surface area contributed by atoms with Crippen LogP contribution in [0.4, 0.5) is 0 Å². The summed E-state index contributed by atoms with van der Waals surface area (Å²) < 4.78 is 8.22. The second-order valence-electron chi connectivity index (χ2n) is 8.95. The Morgan fingerprint density at radius 3 is 2.31 bits per heavy atom. The molecule has 0 unspecified atom stereocenters. The Balaban J connectivity index is 0.000000338. The fourth-order valence-corrected chi connectivity index (χ4v) is 4.62. The Morgan fingerprint density at radius 2 is 1.62 bits per heavy atom. The van der Waals surface area contributed by atoms with Crippen LogP contribution < -0.4 is 0 Å². The number of fused-ring (bicyclic) bond motifs is 4. The Morgan fingerprint density at radius 1 is 0.846 bits per heavy atom. The number of aromatic nitrogens is 3. The van der Waals surface area contributed by atoms with Crippen LogP contribution in [-0.4, -0.2) is 14.5 Å². The third-order valence-electron chi connectivity index (χ3n) is 6.36. The van der Waals surface area contributed by atoms with Crippen LogP contribution in [0, 0.1) is 50.2 Å². The van der Waals surface area contributed by atoms with Gasteiger partial charge in [-0.2, -0.15) is 59.7 Å². The number of nitrogens with zero attached hydrogens (tertiary/aromatic N) is 3. The van der Waals surface area contributed by atoms with Crippen molar-refractivity contribution in [2.45, 2.75) is 13.8 Å². The summed E-state index contributed by atoms with van der Waals surface area (Å²) in [4.78, 5) is 9.28. The smallest absolute Gasteiger partial charge is 0.436 e. The molecule has 0 aliphatic carbocycles. The summed E-state index contributed by atoms with van der Waals surface area (Å²) in [7, 11) is 0. The molecule has 4 aromatic carbocycles. The van der Waals surface area contributed by atoms with Crippen LogP contribution >= 0.6 is 0 Å². The molecule has 0 fully saturated rings. The van der Waals surface area contributed by atoms with E-state index in [4.69, 9.17) is 4.42 Å². The van der Waals surface area contributed by atoms with Crippen molar-refractivity contribution in [1.82, 2.24) is 14.5 Å². The van der Waals surface area contributed by atoms with Gasteiger partial charge >= 0.3 is 31.1 Å². The molecule has 0 aliphatic rings. The van der Waals surface area contributed by atoms with Crippen LogP contribution in [0.5, 0.6) is 0 Å². The van der Waals surface area contributed by atoms with E-state index < -0.39 is 0 Å². The summed E-state index contributed by atoms with van der Waals surface area (Å²) >= 11 is 0. The van der Waals surface area contributed by atoms with Gasteiger partial charge in [0.2, 0.25) is 5.89 Å². The zero-order valence-corrected chi connectivity index (χ0v) is 25.9. The molecule has 7 aromatic rings. The van der Waals surface area contributed by atoms with Crippen molar-refractivity contribution in [3.05, 3.63) is 139 Å². The zero-order valence-electron chi connectivity index (χ0n) is 21.7. The number of rotatable bonds is 3. The minimum Gasteiger partial charge on any atom is -0.436 e. The van der Waals surface area contributed by atoms with Gasteiger partial charge in [0.15, 0.2) is 5.58 Å². The van der Waals surface area contributed by atoms with Gasteiger partial charge in [-0.25, -0.2) is 9.97 Å². The van der Waals surface area contributed by atoms with E-state index in [1.165, 1.54) is 5.56 Å². The summed E-state index contributed by atoms with van der Waals surface area (Å²) in [6, 6.07) is 37.5. The van der Waals surface area contributed by atoms with Crippen molar-refractivity contribution < 1.29 is 35.5 Å². The predicted molar refractivity (Wildman–Crippen MR) is 154 cm³/mol. The second kappa shape index (κ2) is 11.9. The van der Waals surface area contributed by atoms with E-state index in [2.05, 4.69) is 63.1 Å². The van der Waals surface area contributed by atoms with Crippen molar-refractivity contribution in [1.29, 1.82) is 0 Å². The van der Waals surface area contributed by atoms with E-state index in [9.17, 15) is 0 Å². The number of para-hydroxylation sites is 2. The van der Waals surface area contributed by atoms with Crippen LogP contribution in [0.15, 0.2) is 120 Å². The van der Waals surface area contributed by atoms with Crippen LogP contribution in [0.25, 0.3) is 50.2 Å². The van der Waals surface area contributed by atoms with E-state index in [0.717, 1.165) is 49.9 Å². The van der Waals surface area contributed by atoms with Gasteiger partial charge in [-0.05, 0) is 53.2 Å². The maximum atomic E-state index is 6.02. The molecule has 3 heterocycles. The predicted octanol–water partition coefficient (Wildman–Crippen LogP) is 8.51. The van der Waals surface area contributed by atoms with Crippen molar-refractivity contribution in [3.8, 4) is 17.3 Å². The van der Waals surface area contributed by atoms with E-state index in [0.29, 0.717) is 5.89 Å². The van der Waals surface area contributed by atoms with E-state index in [1.54, 1.807) is 0 Å². The first-order valence-electron chi connectivity index (χ1n) is 12.5. The SMILES string of the molecule is CC=[C-]c1ccc2c(c1)c1cc(-c3nc4ccccc4o3)ccc1n2-c1ccccn1.Cc1[c-]cccc1.[U+2]. The Labute approximate surface area is 251 Å². The molecule has 0 spiro atoms. The summed E-state index contributed by atoms with van der Waals surface area (Å²) in [5.41, 5.74) is 7.03. The molecular weight excluding hydrogens is 704 g/mol. The van der Waals surface area contributed by atoms with Crippen molar-refractivity contribution in [3.63, 3.8) is 0 Å². The van der Waals surface area contributed by atoms with Gasteiger partial charge in [0.25, 0.3) is 0 Å². The standard InChI is InChI=1S/C27H18N3O.C7H7.U/c1-2-7-18-11-13-23-20(16-18)21-17-19(27-29-22-8-3-4-9-25(22)31-27)12-14-24(21)30(23)26-10-5-6-15-28-26;1-7-5-3-2-4-6-7;/h2-6,8-17H,1H3;2-5H,1H3;/q2*-1;+2. The first kappa shape index (κ1) is 26.7. The molecule has 7 rings (SSSR count). The van der Waals surface area contributed by atoms with Crippen molar-refractivity contribution in [2.75, 3.05) is 0 Å². The largest absolute Gasteiger partial charge is 2.00 e. The molecule has 5 heteroatoms. The Bertz CT molecular complexity index is 1850. The van der Waals surface area contributed by atoms with Crippen LogP contribution in [-0.2, 0) is 0 Å². The summed E-state index contributed by atoms with van der Waals surface area (Å²) in [5.74, 6) is 1.51. The van der Waals surface area contributed by atoms with Crippen LogP contribution in [0.3, 0.4) is 0 Å². The first-order chi connectivity index (χ1) is 18.7. The van der Waals surface area contributed by atoms with Gasteiger partial charge in [0.1, 0.15) is 11.3 Å². The van der Waals surface area contributed by atoms with Crippen molar-refractivity contribution >= 4 is 32.9 Å². The van der Waals surface area contributed by atoms with Gasteiger partial charge in [-0.15, -0.1) is 6.08 Å². The molecule has 0 saturated heterocycles. The van der Waals surface area contributed by atoms with Crippen LogP contribution in [0.1, 0.15) is 18.1 Å². The second-order valence-corrected chi connectivity index (χ2v) is 8.95. The molecule has 0 N–H and O–H groups in total. The Hall–Kier alpha value is -3.91. The number of aryl methyl sites for hydroxylation is 1. The molecule has 4 nitrogen and oxygen atoms in total. The number of pyridine rings is 1. The molecule has 186 valence electrons. The number of oxazole rings is 1. The number of hydrogen-bond acceptors (Lipinski definition) is 3. The van der Waals surface area contributed by atoms with Crippen molar-refractivity contribution in [2.24, 2.45) is 0 Å². The zero-order chi connectivity index (χ0) is 25.9. The third kappa shape index (κ3) is 5.47. The minimum absolute atomic E-state index is 0. The molecule has 0 aliphatic heterocycles. The van der Waals surface area contributed by atoms with E-state index >= 15 is 0 Å². The topological polar surface area (TPSA) is 43.9 Å². The number of allylic oxidation sites excluding steroid dienone is 1. The normalized spacial score (nSPS) is 11.0. The average molecular weight is 730 g/mol. The summed E-state index contributed by atoms with van der Waals surface area (Å²) in [6.07, 6.45) is 7.05. The third-order valence-corrected chi connectivity index (χ3v) is 6.36. The first-order valence-corrected chi connectivity index (χ1v) is 12.5. The molecule has 0 saturated carbocycles. The molecule has 0 bridgehead atoms. The average Bonchev–Trinajstić information content (AvgIpc) is 3.53. The van der Waals surface area contributed by atoms with Gasteiger partial charge in [0.05, 0.1) is 5.52 Å². The molecule has 0 amide bonds. The van der Waals surface area contributed by atoms with Gasteiger partial charge < -0.3 is 4.42 Å². The molecule has 0 atom stereocenters. The maximum absolute atomic E-state index is 6.02. The van der Waals surface area contributed by atoms with E-state index in [1.807, 2.05) is 92.9 Å². The molecule has 39 heavy (non-hydrogen) atoms. The van der Waals surface area contributed by atoms with Gasteiger partial charge in [-0.3, -0.25) is 4.57 Å². The van der Waals surface area contributed by atoms with E-state index in [-0.39, 0.29) is 31.1 Å². The minimum atomic E-state index is 0. The fourth-order valence-electron chi connectivity index (χ4n) is 4.62. The fraction of sp³-hybridized carbons (Fsp3) is 0.0588. The number of hydrogen-bond donors (Lipinski definition) is 0. The summed E-state index contributed by atoms with van der Waals surface area (Å²) in [6.45, 7) is 4.01. The number of benzene rings is 4. The monoisotopic (exact) mass is 729 g/mol. The Kier molecular flexibility index (Phi) is 8.12.